The molecule has 1 aliphatic rings. The van der Waals surface area contributed by atoms with Crippen molar-refractivity contribution in [3.05, 3.63) is 47.2 Å². The number of morpholine rings is 1. The van der Waals surface area contributed by atoms with E-state index < -0.39 is 0 Å². The lowest BCUT2D eigenvalue weighted by atomic mass is 10.2. The van der Waals surface area contributed by atoms with Gasteiger partial charge in [-0.3, -0.25) is 4.79 Å². The first-order valence-electron chi connectivity index (χ1n) is 7.30. The first kappa shape index (κ1) is 15.1. The van der Waals surface area contributed by atoms with Gasteiger partial charge in [-0.15, -0.1) is 0 Å². The highest BCUT2D eigenvalue weighted by Gasteiger charge is 2.27. The Balaban J connectivity index is 1.82. The van der Waals surface area contributed by atoms with Crippen LogP contribution in [0.3, 0.4) is 0 Å². The molecule has 1 saturated heterocycles. The van der Waals surface area contributed by atoms with Gasteiger partial charge in [0.2, 0.25) is 0 Å². The SMILES string of the molecule is C[C@@H]1CN(C(=O)c2ccn(-c3ccccc3Cl)n2)C[C@@H](C)O1. The summed E-state index contributed by atoms with van der Waals surface area (Å²) in [5.41, 5.74) is 1.17. The summed E-state index contributed by atoms with van der Waals surface area (Å²) in [6, 6.07) is 9.12. The van der Waals surface area contributed by atoms with Crippen LogP contribution in [-0.4, -0.2) is 45.9 Å². The zero-order valence-corrected chi connectivity index (χ0v) is 13.3. The molecule has 22 heavy (non-hydrogen) atoms. The molecule has 0 saturated carbocycles. The Morgan fingerprint density at radius 2 is 1.91 bits per heavy atom. The summed E-state index contributed by atoms with van der Waals surface area (Å²) in [7, 11) is 0. The van der Waals surface area contributed by atoms with Crippen LogP contribution in [0.5, 0.6) is 0 Å². The van der Waals surface area contributed by atoms with Crippen LogP contribution >= 0.6 is 11.6 Å². The number of benzene rings is 1. The molecular formula is C16H18ClN3O2. The van der Waals surface area contributed by atoms with E-state index in [4.69, 9.17) is 16.3 Å². The van der Waals surface area contributed by atoms with Gasteiger partial charge in [0.1, 0.15) is 0 Å². The Hall–Kier alpha value is -1.85. The molecule has 0 unspecified atom stereocenters. The molecule has 0 spiro atoms. The smallest absolute Gasteiger partial charge is 0.274 e. The predicted octanol–water partition coefficient (Wildman–Crippen LogP) is 2.78. The van der Waals surface area contributed by atoms with Crippen LogP contribution in [-0.2, 0) is 4.74 Å². The summed E-state index contributed by atoms with van der Waals surface area (Å²) in [5, 5.41) is 4.96. The molecule has 0 aliphatic carbocycles. The third-order valence-corrected chi connectivity index (χ3v) is 3.93. The fraction of sp³-hybridized carbons (Fsp3) is 0.375. The average molecular weight is 320 g/mol. The minimum absolute atomic E-state index is 0.0401. The molecule has 2 heterocycles. The van der Waals surface area contributed by atoms with E-state index in [-0.39, 0.29) is 18.1 Å². The van der Waals surface area contributed by atoms with Crippen LogP contribution in [0.1, 0.15) is 24.3 Å². The van der Waals surface area contributed by atoms with Crippen molar-refractivity contribution in [1.82, 2.24) is 14.7 Å². The number of ether oxygens (including phenoxy) is 1. The zero-order valence-electron chi connectivity index (χ0n) is 12.6. The van der Waals surface area contributed by atoms with Gasteiger partial charge in [0.25, 0.3) is 5.91 Å². The maximum absolute atomic E-state index is 12.6. The van der Waals surface area contributed by atoms with Crippen LogP contribution in [0.2, 0.25) is 5.02 Å². The maximum atomic E-state index is 12.6. The number of carbonyl (C=O) groups is 1. The summed E-state index contributed by atoms with van der Waals surface area (Å²) in [6.07, 6.45) is 1.83. The van der Waals surface area contributed by atoms with E-state index in [0.29, 0.717) is 23.8 Å². The van der Waals surface area contributed by atoms with Crippen molar-refractivity contribution >= 4 is 17.5 Å². The molecule has 2 aromatic rings. The highest BCUT2D eigenvalue weighted by Crippen LogP contribution is 2.20. The molecular weight excluding hydrogens is 302 g/mol. The van der Waals surface area contributed by atoms with Crippen molar-refractivity contribution in [2.24, 2.45) is 0 Å². The second-order valence-electron chi connectivity index (χ2n) is 5.56. The third-order valence-electron chi connectivity index (χ3n) is 3.61. The third kappa shape index (κ3) is 3.00. The molecule has 2 atom stereocenters. The van der Waals surface area contributed by atoms with Crippen LogP contribution < -0.4 is 0 Å². The lowest BCUT2D eigenvalue weighted by molar-refractivity contribution is -0.0587. The Labute approximate surface area is 134 Å². The number of hydrogen-bond acceptors (Lipinski definition) is 3. The van der Waals surface area contributed by atoms with E-state index in [2.05, 4.69) is 5.10 Å². The van der Waals surface area contributed by atoms with Gasteiger partial charge in [-0.2, -0.15) is 5.10 Å². The number of carbonyl (C=O) groups excluding carboxylic acids is 1. The number of rotatable bonds is 2. The molecule has 1 amide bonds. The average Bonchev–Trinajstić information content (AvgIpc) is 2.95. The molecule has 1 fully saturated rings. The fourth-order valence-electron chi connectivity index (χ4n) is 2.72. The van der Waals surface area contributed by atoms with Crippen LogP contribution in [0.4, 0.5) is 0 Å². The van der Waals surface area contributed by atoms with Gasteiger partial charge < -0.3 is 9.64 Å². The number of para-hydroxylation sites is 1. The van der Waals surface area contributed by atoms with Crippen molar-refractivity contribution in [2.75, 3.05) is 13.1 Å². The number of halogens is 1. The first-order valence-corrected chi connectivity index (χ1v) is 7.67. The van der Waals surface area contributed by atoms with E-state index in [1.165, 1.54) is 0 Å². The number of nitrogens with zero attached hydrogens (tertiary/aromatic N) is 3. The number of hydrogen-bond donors (Lipinski definition) is 0. The zero-order chi connectivity index (χ0) is 15.7. The minimum atomic E-state index is -0.0761. The Morgan fingerprint density at radius 1 is 1.23 bits per heavy atom. The quantitative estimate of drug-likeness (QED) is 0.855. The van der Waals surface area contributed by atoms with E-state index in [1.54, 1.807) is 27.9 Å². The van der Waals surface area contributed by atoms with Crippen molar-refractivity contribution in [3.8, 4) is 5.69 Å². The summed E-state index contributed by atoms with van der Waals surface area (Å²) in [4.78, 5) is 14.4. The van der Waals surface area contributed by atoms with Gasteiger partial charge >= 0.3 is 0 Å². The van der Waals surface area contributed by atoms with Gasteiger partial charge in [-0.05, 0) is 32.0 Å². The molecule has 1 aromatic carbocycles. The molecule has 0 N–H and O–H groups in total. The van der Waals surface area contributed by atoms with E-state index >= 15 is 0 Å². The normalized spacial score (nSPS) is 21.9. The lowest BCUT2D eigenvalue weighted by Crippen LogP contribution is -2.48. The van der Waals surface area contributed by atoms with Crippen molar-refractivity contribution in [1.29, 1.82) is 0 Å². The lowest BCUT2D eigenvalue weighted by Gasteiger charge is -2.34. The Bertz CT molecular complexity index is 676. The summed E-state index contributed by atoms with van der Waals surface area (Å²) in [5.74, 6) is -0.0761. The topological polar surface area (TPSA) is 47.4 Å². The maximum Gasteiger partial charge on any atom is 0.274 e. The Kier molecular flexibility index (Phi) is 4.18. The first-order chi connectivity index (χ1) is 10.5. The van der Waals surface area contributed by atoms with Crippen molar-refractivity contribution in [3.63, 3.8) is 0 Å². The van der Waals surface area contributed by atoms with Crippen molar-refractivity contribution in [2.45, 2.75) is 26.1 Å². The highest BCUT2D eigenvalue weighted by molar-refractivity contribution is 6.32. The van der Waals surface area contributed by atoms with Gasteiger partial charge in [0, 0.05) is 19.3 Å². The molecule has 6 heteroatoms. The predicted molar refractivity (Wildman–Crippen MR) is 84.5 cm³/mol. The number of aromatic nitrogens is 2. The van der Waals surface area contributed by atoms with Crippen LogP contribution in [0, 0.1) is 0 Å². The summed E-state index contributed by atoms with van der Waals surface area (Å²) in [6.45, 7) is 5.11. The van der Waals surface area contributed by atoms with Gasteiger partial charge in [0.05, 0.1) is 22.9 Å². The minimum Gasteiger partial charge on any atom is -0.372 e. The second-order valence-corrected chi connectivity index (χ2v) is 5.97. The molecule has 3 rings (SSSR count). The Morgan fingerprint density at radius 3 is 2.59 bits per heavy atom. The van der Waals surface area contributed by atoms with Crippen LogP contribution in [0.15, 0.2) is 36.5 Å². The van der Waals surface area contributed by atoms with Gasteiger partial charge in [0.15, 0.2) is 5.69 Å². The fourth-order valence-corrected chi connectivity index (χ4v) is 2.94. The van der Waals surface area contributed by atoms with Crippen LogP contribution in [0.25, 0.3) is 5.69 Å². The molecule has 1 aromatic heterocycles. The molecule has 116 valence electrons. The number of amides is 1. The summed E-state index contributed by atoms with van der Waals surface area (Å²) >= 11 is 6.16. The van der Waals surface area contributed by atoms with E-state index in [1.807, 2.05) is 32.0 Å². The van der Waals surface area contributed by atoms with Gasteiger partial charge in [-0.25, -0.2) is 4.68 Å². The van der Waals surface area contributed by atoms with E-state index in [0.717, 1.165) is 5.69 Å². The van der Waals surface area contributed by atoms with E-state index in [9.17, 15) is 4.79 Å². The molecule has 0 bridgehead atoms. The molecule has 5 nitrogen and oxygen atoms in total. The van der Waals surface area contributed by atoms with Crippen molar-refractivity contribution < 1.29 is 9.53 Å². The van der Waals surface area contributed by atoms with Gasteiger partial charge in [-0.1, -0.05) is 23.7 Å². The largest absolute Gasteiger partial charge is 0.372 e. The highest BCUT2D eigenvalue weighted by atomic mass is 35.5. The molecule has 1 aliphatic heterocycles. The summed E-state index contributed by atoms with van der Waals surface area (Å²) < 4.78 is 7.28. The standard InChI is InChI=1S/C16H18ClN3O2/c1-11-9-19(10-12(2)22-11)16(21)14-7-8-20(18-14)15-6-4-3-5-13(15)17/h3-8,11-12H,9-10H2,1-2H3/t11-,12-/m1/s1. The monoisotopic (exact) mass is 319 g/mol. The second kappa shape index (κ2) is 6.10. The molecule has 0 radical (unpaired) electrons.